The summed E-state index contributed by atoms with van der Waals surface area (Å²) in [5, 5.41) is 2.86. The molecule has 1 heterocycles. The fraction of sp³-hybridized carbons (Fsp3) is 0.429. The van der Waals surface area contributed by atoms with Gasteiger partial charge >= 0.3 is 5.97 Å². The van der Waals surface area contributed by atoms with E-state index in [1.54, 1.807) is 0 Å². The summed E-state index contributed by atoms with van der Waals surface area (Å²) in [7, 11) is 1.44. The maximum absolute atomic E-state index is 11.8. The zero-order valence-electron chi connectivity index (χ0n) is 10.1. The van der Waals surface area contributed by atoms with Crippen LogP contribution in [0.3, 0.4) is 0 Å². The number of methoxy groups -OCH3 is 1. The summed E-state index contributed by atoms with van der Waals surface area (Å²) in [4.78, 5) is 23.3. The Balaban J connectivity index is 1.76. The number of hydrogen-bond acceptors (Lipinski definition) is 3. The van der Waals surface area contributed by atoms with E-state index >= 15 is 0 Å². The third-order valence-corrected chi connectivity index (χ3v) is 4.75. The van der Waals surface area contributed by atoms with Gasteiger partial charge in [0.15, 0.2) is 0 Å². The Morgan fingerprint density at radius 3 is 2.89 bits per heavy atom. The predicted octanol–water partition coefficient (Wildman–Crippen LogP) is 1.39. The number of ether oxygens (including phenoxy) is 1. The Labute approximate surface area is 104 Å². The summed E-state index contributed by atoms with van der Waals surface area (Å²) in [6.45, 7) is 0. The lowest BCUT2D eigenvalue weighted by Crippen LogP contribution is -2.08. The van der Waals surface area contributed by atoms with Crippen LogP contribution in [0.15, 0.2) is 18.2 Å². The number of hydrogen-bond donors (Lipinski definition) is 1. The molecule has 2 aliphatic carbocycles. The van der Waals surface area contributed by atoms with Gasteiger partial charge in [-0.3, -0.25) is 9.59 Å². The Morgan fingerprint density at radius 1 is 1.39 bits per heavy atom. The third kappa shape index (κ3) is 0.937. The van der Waals surface area contributed by atoms with Gasteiger partial charge in [-0.05, 0) is 30.0 Å². The van der Waals surface area contributed by atoms with Gasteiger partial charge in [0, 0.05) is 11.1 Å². The minimum Gasteiger partial charge on any atom is -0.469 e. The smallest absolute Gasteiger partial charge is 0.312 e. The molecule has 0 radical (unpaired) electrons. The molecule has 1 amide bonds. The molecule has 92 valence electrons. The van der Waals surface area contributed by atoms with Crippen molar-refractivity contribution >= 4 is 17.6 Å². The SMILES string of the molecule is COC(=O)C12CC1(c1cccc3c1CC(=O)N3)C2. The van der Waals surface area contributed by atoms with Crippen molar-refractivity contribution in [3.63, 3.8) is 0 Å². The van der Waals surface area contributed by atoms with Crippen LogP contribution in [0, 0.1) is 5.41 Å². The predicted molar refractivity (Wildman–Crippen MR) is 64.1 cm³/mol. The van der Waals surface area contributed by atoms with E-state index in [9.17, 15) is 9.59 Å². The third-order valence-electron chi connectivity index (χ3n) is 4.75. The van der Waals surface area contributed by atoms with Gasteiger partial charge in [0.25, 0.3) is 0 Å². The molecule has 1 N–H and O–H groups in total. The molecule has 4 nitrogen and oxygen atoms in total. The minimum absolute atomic E-state index is 0.0300. The quantitative estimate of drug-likeness (QED) is 0.798. The number of benzene rings is 1. The summed E-state index contributed by atoms with van der Waals surface area (Å²) in [6, 6.07) is 5.93. The largest absolute Gasteiger partial charge is 0.469 e. The van der Waals surface area contributed by atoms with Gasteiger partial charge in [-0.25, -0.2) is 0 Å². The second-order valence-corrected chi connectivity index (χ2v) is 5.57. The van der Waals surface area contributed by atoms with Crippen molar-refractivity contribution in [2.75, 3.05) is 12.4 Å². The van der Waals surface area contributed by atoms with E-state index < -0.39 is 0 Å². The molecule has 0 unspecified atom stereocenters. The van der Waals surface area contributed by atoms with Crippen LogP contribution in [-0.2, 0) is 26.2 Å². The van der Waals surface area contributed by atoms with Crippen LogP contribution in [0.2, 0.25) is 0 Å². The molecular formula is C14H13NO3. The molecule has 0 aromatic heterocycles. The summed E-state index contributed by atoms with van der Waals surface area (Å²) in [5.74, 6) is -0.0591. The number of esters is 1. The first-order chi connectivity index (χ1) is 8.63. The van der Waals surface area contributed by atoms with E-state index in [1.165, 1.54) is 12.7 Å². The first-order valence-electron chi connectivity index (χ1n) is 6.14. The van der Waals surface area contributed by atoms with Crippen LogP contribution in [0.4, 0.5) is 5.69 Å². The van der Waals surface area contributed by atoms with E-state index in [-0.39, 0.29) is 22.7 Å². The topological polar surface area (TPSA) is 55.4 Å². The number of anilines is 1. The van der Waals surface area contributed by atoms with E-state index in [4.69, 9.17) is 4.74 Å². The standard InChI is InChI=1S/C14H13NO3/c1-18-12(17)14-6-13(14,7-14)9-3-2-4-10-8(9)5-11(16)15-10/h2-4H,5-7H2,1H3,(H,15,16). The number of fused-ring (bicyclic) bond motifs is 2. The van der Waals surface area contributed by atoms with E-state index in [0.29, 0.717) is 6.42 Å². The summed E-state index contributed by atoms with van der Waals surface area (Å²) in [6.07, 6.45) is 2.18. The van der Waals surface area contributed by atoms with E-state index in [0.717, 1.165) is 24.1 Å². The lowest BCUT2D eigenvalue weighted by Gasteiger charge is -2.08. The average molecular weight is 243 g/mol. The highest BCUT2D eigenvalue weighted by atomic mass is 16.5. The molecular weight excluding hydrogens is 230 g/mol. The van der Waals surface area contributed by atoms with Crippen molar-refractivity contribution in [3.8, 4) is 0 Å². The van der Waals surface area contributed by atoms with Gasteiger partial charge in [0.2, 0.25) is 5.91 Å². The molecule has 0 bridgehead atoms. The van der Waals surface area contributed by atoms with Crippen LogP contribution in [0.25, 0.3) is 0 Å². The lowest BCUT2D eigenvalue weighted by atomic mass is 9.95. The molecule has 0 spiro atoms. The molecule has 4 rings (SSSR count). The maximum atomic E-state index is 11.8. The zero-order chi connectivity index (χ0) is 12.5. The Bertz CT molecular complexity index is 599. The normalized spacial score (nSPS) is 34.4. The van der Waals surface area contributed by atoms with Gasteiger partial charge in [-0.2, -0.15) is 0 Å². The summed E-state index contributed by atoms with van der Waals surface area (Å²) >= 11 is 0. The number of rotatable bonds is 2. The number of carbonyl (C=O) groups excluding carboxylic acids is 2. The van der Waals surface area contributed by atoms with Gasteiger partial charge in [-0.1, -0.05) is 12.1 Å². The Hall–Kier alpha value is -1.84. The van der Waals surface area contributed by atoms with Gasteiger partial charge in [-0.15, -0.1) is 0 Å². The molecule has 3 aliphatic rings. The van der Waals surface area contributed by atoms with E-state index in [2.05, 4.69) is 11.4 Å². The van der Waals surface area contributed by atoms with Crippen LogP contribution in [0.5, 0.6) is 0 Å². The fourth-order valence-corrected chi connectivity index (χ4v) is 3.57. The first-order valence-corrected chi connectivity index (χ1v) is 6.14. The Morgan fingerprint density at radius 2 is 2.17 bits per heavy atom. The average Bonchev–Trinajstić information content (AvgIpc) is 3.12. The van der Waals surface area contributed by atoms with Crippen LogP contribution >= 0.6 is 0 Å². The van der Waals surface area contributed by atoms with Crippen molar-refractivity contribution in [3.05, 3.63) is 29.3 Å². The highest BCUT2D eigenvalue weighted by molar-refractivity contribution is 6.01. The minimum atomic E-state index is -0.275. The zero-order valence-corrected chi connectivity index (χ0v) is 10.1. The van der Waals surface area contributed by atoms with Crippen molar-refractivity contribution in [2.45, 2.75) is 24.7 Å². The first kappa shape index (κ1) is 10.1. The molecule has 0 saturated heterocycles. The molecule has 1 aromatic rings. The molecule has 4 heteroatoms. The maximum Gasteiger partial charge on any atom is 0.312 e. The van der Waals surface area contributed by atoms with Gasteiger partial charge in [0.05, 0.1) is 18.9 Å². The molecule has 1 aliphatic heterocycles. The van der Waals surface area contributed by atoms with Gasteiger partial charge in [0.1, 0.15) is 0 Å². The number of carbonyl (C=O) groups is 2. The van der Waals surface area contributed by atoms with Gasteiger partial charge < -0.3 is 10.1 Å². The van der Waals surface area contributed by atoms with Crippen LogP contribution < -0.4 is 5.32 Å². The van der Waals surface area contributed by atoms with Crippen molar-refractivity contribution < 1.29 is 14.3 Å². The molecule has 2 saturated carbocycles. The molecule has 18 heavy (non-hydrogen) atoms. The molecule has 1 aromatic carbocycles. The lowest BCUT2D eigenvalue weighted by molar-refractivity contribution is -0.144. The molecule has 2 fully saturated rings. The number of amides is 1. The molecule has 0 atom stereocenters. The fourth-order valence-electron chi connectivity index (χ4n) is 3.57. The van der Waals surface area contributed by atoms with Crippen molar-refractivity contribution in [1.82, 2.24) is 0 Å². The summed E-state index contributed by atoms with van der Waals surface area (Å²) < 4.78 is 4.88. The Kier molecular flexibility index (Phi) is 1.55. The van der Waals surface area contributed by atoms with Crippen LogP contribution in [0.1, 0.15) is 24.0 Å². The van der Waals surface area contributed by atoms with Crippen molar-refractivity contribution in [2.24, 2.45) is 5.41 Å². The summed E-state index contributed by atoms with van der Waals surface area (Å²) in [5.41, 5.74) is 2.85. The van der Waals surface area contributed by atoms with E-state index in [1.807, 2.05) is 12.1 Å². The second kappa shape index (κ2) is 2.76. The highest BCUT2D eigenvalue weighted by Crippen LogP contribution is 2.86. The second-order valence-electron chi connectivity index (χ2n) is 5.57. The highest BCUT2D eigenvalue weighted by Gasteiger charge is 2.88. The number of nitrogens with one attached hydrogen (secondary N) is 1. The monoisotopic (exact) mass is 243 g/mol. The van der Waals surface area contributed by atoms with Crippen molar-refractivity contribution in [1.29, 1.82) is 0 Å². The van der Waals surface area contributed by atoms with Crippen LogP contribution in [-0.4, -0.2) is 19.0 Å².